The molecule has 0 bridgehead atoms. The molecule has 0 saturated carbocycles. The van der Waals surface area contributed by atoms with Gasteiger partial charge in [0, 0.05) is 6.20 Å². The number of aromatic nitrogens is 3. The molecule has 0 saturated heterocycles. The van der Waals surface area contributed by atoms with Crippen LogP contribution in [0.25, 0.3) is 22.3 Å². The second kappa shape index (κ2) is 12.3. The second-order valence-electron chi connectivity index (χ2n) is 6.01. The highest BCUT2D eigenvalue weighted by Gasteiger charge is 2.05. The maximum atomic E-state index is 4.55. The normalized spacial score (nSPS) is 10.9. The molecule has 3 aromatic carbocycles. The van der Waals surface area contributed by atoms with Crippen molar-refractivity contribution >= 4 is 0 Å². The lowest BCUT2D eigenvalue weighted by molar-refractivity contribution is 0.172. The van der Waals surface area contributed by atoms with Gasteiger partial charge < -0.3 is 4.84 Å². The van der Waals surface area contributed by atoms with E-state index in [0.717, 1.165) is 0 Å². The van der Waals surface area contributed by atoms with Crippen LogP contribution < -0.4 is 5.48 Å². The molecule has 0 radical (unpaired) electrons. The van der Waals surface area contributed by atoms with Crippen LogP contribution in [0.15, 0.2) is 128 Å². The van der Waals surface area contributed by atoms with Gasteiger partial charge >= 0.3 is 0 Å². The van der Waals surface area contributed by atoms with E-state index < -0.39 is 0 Å². The number of allylic oxidation sites excluding steroid dienone is 2. The Balaban J connectivity index is 0.000000173. The number of nitrogens with one attached hydrogen (secondary N) is 1. The summed E-state index contributed by atoms with van der Waals surface area (Å²) in [6.45, 7) is 0. The number of nitrogens with zero attached hydrogens (tertiary/aromatic N) is 3. The highest BCUT2D eigenvalue weighted by molar-refractivity contribution is 5.83. The van der Waals surface area contributed by atoms with Crippen molar-refractivity contribution in [3.8, 4) is 22.3 Å². The molecule has 0 unspecified atom stereocenters. The van der Waals surface area contributed by atoms with Gasteiger partial charge in [-0.2, -0.15) is 0 Å². The van der Waals surface area contributed by atoms with Gasteiger partial charge in [-0.15, -0.1) is 10.2 Å². The smallest absolute Gasteiger partial charge is 0.119 e. The van der Waals surface area contributed by atoms with Crippen molar-refractivity contribution in [3.05, 3.63) is 128 Å². The van der Waals surface area contributed by atoms with Crippen molar-refractivity contribution in [1.29, 1.82) is 0 Å². The zero-order valence-corrected chi connectivity index (χ0v) is 16.4. The van der Waals surface area contributed by atoms with Crippen LogP contribution in [0.3, 0.4) is 0 Å². The quantitative estimate of drug-likeness (QED) is 0.490. The van der Waals surface area contributed by atoms with Gasteiger partial charge in [-0.3, -0.25) is 0 Å². The van der Waals surface area contributed by atoms with E-state index in [4.69, 9.17) is 0 Å². The Morgan fingerprint density at radius 2 is 1.10 bits per heavy atom. The molecule has 2 heterocycles. The fourth-order valence-corrected chi connectivity index (χ4v) is 2.68. The Kier molecular flexibility index (Phi) is 8.37. The Morgan fingerprint density at radius 3 is 1.40 bits per heavy atom. The molecular weight excluding hydrogens is 372 g/mol. The molecule has 0 atom stereocenters. The van der Waals surface area contributed by atoms with Gasteiger partial charge in [0.15, 0.2) is 0 Å². The second-order valence-corrected chi connectivity index (χ2v) is 6.01. The molecule has 1 N–H and O–H groups in total. The van der Waals surface area contributed by atoms with Gasteiger partial charge in [0.05, 0.1) is 12.4 Å². The van der Waals surface area contributed by atoms with E-state index in [1.807, 2.05) is 6.08 Å². The number of hydroxylamine groups is 1. The summed E-state index contributed by atoms with van der Waals surface area (Å²) in [5.41, 5.74) is 7.60. The SMILES string of the molecule is C1=CNOC=C1.c1ccc(-c2ccccc2-c2ccccc2)cc1.c1cnnnc1. The molecule has 5 rings (SSSR count). The molecule has 0 amide bonds. The molecule has 148 valence electrons. The maximum Gasteiger partial charge on any atom is 0.119 e. The van der Waals surface area contributed by atoms with Crippen LogP contribution in [0.4, 0.5) is 0 Å². The number of rotatable bonds is 2. The monoisotopic (exact) mass is 394 g/mol. The fraction of sp³-hybridized carbons (Fsp3) is 0. The highest BCUT2D eigenvalue weighted by Crippen LogP contribution is 2.31. The predicted octanol–water partition coefficient (Wildman–Crippen LogP) is 5.44. The third kappa shape index (κ3) is 6.73. The minimum atomic E-state index is 1.26. The topological polar surface area (TPSA) is 59.9 Å². The number of hydrogen-bond acceptors (Lipinski definition) is 5. The van der Waals surface area contributed by atoms with Gasteiger partial charge in [0.25, 0.3) is 0 Å². The molecule has 5 heteroatoms. The Bertz CT molecular complexity index is 939. The first kappa shape index (κ1) is 20.5. The molecule has 1 aromatic heterocycles. The third-order valence-electron chi connectivity index (χ3n) is 4.00. The van der Waals surface area contributed by atoms with E-state index in [9.17, 15) is 0 Å². The molecule has 1 aliphatic rings. The van der Waals surface area contributed by atoms with Crippen molar-refractivity contribution < 1.29 is 4.84 Å². The van der Waals surface area contributed by atoms with E-state index in [1.54, 1.807) is 37.0 Å². The van der Waals surface area contributed by atoms with Crippen molar-refractivity contribution in [2.24, 2.45) is 0 Å². The standard InChI is InChI=1S/C18H14.C4H5NO.C3H3N3/c1-3-9-15(10-4-1)17-13-7-8-14-18(17)16-11-5-2-6-12-16;2*1-2-4-6-5-3-1/h1-14H;1-5H;1-3H. The van der Waals surface area contributed by atoms with Crippen LogP contribution >= 0.6 is 0 Å². The first-order valence-electron chi connectivity index (χ1n) is 9.46. The summed E-state index contributed by atoms with van der Waals surface area (Å²) in [6.07, 6.45) is 10.1. The summed E-state index contributed by atoms with van der Waals surface area (Å²) < 4.78 is 0. The van der Waals surface area contributed by atoms with Gasteiger partial charge in [0.2, 0.25) is 0 Å². The van der Waals surface area contributed by atoms with Crippen molar-refractivity contribution in [1.82, 2.24) is 20.9 Å². The minimum absolute atomic E-state index is 1.26. The van der Waals surface area contributed by atoms with Gasteiger partial charge in [-0.25, -0.2) is 5.48 Å². The summed E-state index contributed by atoms with van der Waals surface area (Å²) in [7, 11) is 0. The zero-order valence-electron chi connectivity index (χ0n) is 16.4. The third-order valence-corrected chi connectivity index (χ3v) is 4.00. The molecule has 1 aliphatic heterocycles. The van der Waals surface area contributed by atoms with E-state index >= 15 is 0 Å². The van der Waals surface area contributed by atoms with Gasteiger partial charge in [-0.05, 0) is 45.7 Å². The summed E-state index contributed by atoms with van der Waals surface area (Å²) in [5.74, 6) is 0. The lowest BCUT2D eigenvalue weighted by atomic mass is 9.95. The van der Waals surface area contributed by atoms with E-state index in [0.29, 0.717) is 0 Å². The summed E-state index contributed by atoms with van der Waals surface area (Å²) >= 11 is 0. The van der Waals surface area contributed by atoms with Crippen LogP contribution in [0.1, 0.15) is 0 Å². The lowest BCUT2D eigenvalue weighted by Crippen LogP contribution is -2.01. The Hall–Kier alpha value is -4.25. The molecule has 30 heavy (non-hydrogen) atoms. The van der Waals surface area contributed by atoms with Crippen LogP contribution in [-0.2, 0) is 4.84 Å². The Labute approximate surface area is 176 Å². The van der Waals surface area contributed by atoms with E-state index in [1.165, 1.54) is 22.3 Å². The summed E-state index contributed by atoms with van der Waals surface area (Å²) in [4.78, 5) is 4.55. The van der Waals surface area contributed by atoms with Gasteiger partial charge in [-0.1, -0.05) is 84.9 Å². The van der Waals surface area contributed by atoms with Crippen molar-refractivity contribution in [2.45, 2.75) is 0 Å². The average molecular weight is 394 g/mol. The number of benzene rings is 3. The highest BCUT2D eigenvalue weighted by atomic mass is 16.6. The fourth-order valence-electron chi connectivity index (χ4n) is 2.68. The average Bonchev–Trinajstić information content (AvgIpc) is 2.88. The first-order chi connectivity index (χ1) is 14.9. The largest absolute Gasteiger partial charge is 0.391 e. The molecule has 5 nitrogen and oxygen atoms in total. The van der Waals surface area contributed by atoms with Crippen LogP contribution in [0.5, 0.6) is 0 Å². The molecule has 4 aromatic rings. The van der Waals surface area contributed by atoms with E-state index in [-0.39, 0.29) is 0 Å². The van der Waals surface area contributed by atoms with Gasteiger partial charge in [0.1, 0.15) is 6.26 Å². The molecular formula is C25H22N4O. The maximum absolute atomic E-state index is 4.55. The summed E-state index contributed by atoms with van der Waals surface area (Å²) in [6, 6.07) is 31.3. The van der Waals surface area contributed by atoms with Crippen LogP contribution in [0.2, 0.25) is 0 Å². The lowest BCUT2D eigenvalue weighted by Gasteiger charge is -2.09. The predicted molar refractivity (Wildman–Crippen MR) is 120 cm³/mol. The summed E-state index contributed by atoms with van der Waals surface area (Å²) in [5, 5.41) is 10.1. The molecule has 0 fully saturated rings. The van der Waals surface area contributed by atoms with Crippen LogP contribution in [0, 0.1) is 0 Å². The van der Waals surface area contributed by atoms with Crippen molar-refractivity contribution in [3.63, 3.8) is 0 Å². The van der Waals surface area contributed by atoms with E-state index in [2.05, 4.69) is 111 Å². The Morgan fingerprint density at radius 1 is 0.567 bits per heavy atom. The molecule has 0 aliphatic carbocycles. The minimum Gasteiger partial charge on any atom is -0.391 e. The van der Waals surface area contributed by atoms with Crippen LogP contribution in [-0.4, -0.2) is 15.4 Å². The molecule has 0 spiro atoms. The zero-order chi connectivity index (χ0) is 20.7. The number of hydrogen-bond donors (Lipinski definition) is 1. The first-order valence-corrected chi connectivity index (χ1v) is 9.46. The van der Waals surface area contributed by atoms with Crippen molar-refractivity contribution in [2.75, 3.05) is 0 Å².